The van der Waals surface area contributed by atoms with Crippen molar-refractivity contribution in [2.24, 2.45) is 11.1 Å². The number of hydrogen-bond donors (Lipinski definition) is 2. The van der Waals surface area contributed by atoms with Gasteiger partial charge in [0.1, 0.15) is 4.21 Å². The Morgan fingerprint density at radius 2 is 2.06 bits per heavy atom. The van der Waals surface area contributed by atoms with Gasteiger partial charge < -0.3 is 5.73 Å². The van der Waals surface area contributed by atoms with Gasteiger partial charge in [-0.1, -0.05) is 20.8 Å². The van der Waals surface area contributed by atoms with E-state index in [1.165, 1.54) is 11.3 Å². The summed E-state index contributed by atoms with van der Waals surface area (Å²) in [7, 11) is -3.38. The van der Waals surface area contributed by atoms with Gasteiger partial charge in [0, 0.05) is 18.0 Å². The van der Waals surface area contributed by atoms with E-state index >= 15 is 0 Å². The van der Waals surface area contributed by atoms with Gasteiger partial charge in [0.05, 0.1) is 0 Å². The van der Waals surface area contributed by atoms with Crippen molar-refractivity contribution in [3.05, 3.63) is 17.0 Å². The first-order chi connectivity index (χ1) is 7.80. The first-order valence-corrected chi connectivity index (χ1v) is 7.89. The normalized spacial score (nSPS) is 12.9. The summed E-state index contributed by atoms with van der Waals surface area (Å²) in [5, 5.41) is 0. The molecular weight excluding hydrogens is 256 g/mol. The van der Waals surface area contributed by atoms with E-state index in [1.807, 2.05) is 20.8 Å². The van der Waals surface area contributed by atoms with Crippen LogP contribution < -0.4 is 10.5 Å². The lowest BCUT2D eigenvalue weighted by atomic mass is 9.91. The van der Waals surface area contributed by atoms with Crippen LogP contribution in [0.1, 0.15) is 32.1 Å². The molecule has 0 fully saturated rings. The van der Waals surface area contributed by atoms with Gasteiger partial charge in [0.25, 0.3) is 0 Å². The van der Waals surface area contributed by atoms with Gasteiger partial charge in [0.2, 0.25) is 10.0 Å². The Labute approximate surface area is 107 Å². The Morgan fingerprint density at radius 1 is 1.41 bits per heavy atom. The van der Waals surface area contributed by atoms with E-state index in [4.69, 9.17) is 5.73 Å². The largest absolute Gasteiger partial charge is 0.326 e. The maximum Gasteiger partial charge on any atom is 0.250 e. The van der Waals surface area contributed by atoms with Crippen LogP contribution in [0.25, 0.3) is 0 Å². The quantitative estimate of drug-likeness (QED) is 0.834. The molecule has 0 aliphatic rings. The van der Waals surface area contributed by atoms with Crippen molar-refractivity contribution >= 4 is 21.4 Å². The van der Waals surface area contributed by atoms with E-state index in [0.29, 0.717) is 17.3 Å². The minimum atomic E-state index is -3.38. The van der Waals surface area contributed by atoms with E-state index in [0.717, 1.165) is 11.3 Å². The van der Waals surface area contributed by atoms with Gasteiger partial charge in [-0.3, -0.25) is 0 Å². The lowest BCUT2D eigenvalue weighted by molar-refractivity contribution is 0.350. The van der Waals surface area contributed by atoms with Gasteiger partial charge in [0.15, 0.2) is 0 Å². The maximum atomic E-state index is 12.0. The molecule has 0 aliphatic heterocycles. The fraction of sp³-hybridized carbons (Fsp3) is 0.636. The summed E-state index contributed by atoms with van der Waals surface area (Å²) >= 11 is 1.22. The van der Waals surface area contributed by atoms with Crippen molar-refractivity contribution in [1.29, 1.82) is 0 Å². The third-order valence-electron chi connectivity index (χ3n) is 2.80. The highest BCUT2D eigenvalue weighted by Gasteiger charge is 2.21. The SMILES string of the molecule is CCC(C)(C)CNS(=O)(=O)c1ccc(CN)s1. The van der Waals surface area contributed by atoms with Crippen molar-refractivity contribution in [3.8, 4) is 0 Å². The van der Waals surface area contributed by atoms with E-state index in [-0.39, 0.29) is 5.41 Å². The van der Waals surface area contributed by atoms with E-state index in [1.54, 1.807) is 12.1 Å². The minimum absolute atomic E-state index is 0.0268. The summed E-state index contributed by atoms with van der Waals surface area (Å²) in [6.45, 7) is 6.94. The molecule has 0 amide bonds. The van der Waals surface area contributed by atoms with Gasteiger partial charge in [-0.05, 0) is 24.0 Å². The lowest BCUT2D eigenvalue weighted by Crippen LogP contribution is -2.33. The zero-order valence-electron chi connectivity index (χ0n) is 10.5. The van der Waals surface area contributed by atoms with Crippen LogP contribution in [0.3, 0.4) is 0 Å². The first kappa shape index (κ1) is 14.6. The van der Waals surface area contributed by atoms with Crippen LogP contribution in [-0.4, -0.2) is 15.0 Å². The Bertz CT molecular complexity index is 464. The van der Waals surface area contributed by atoms with Crippen molar-refractivity contribution in [2.75, 3.05) is 6.54 Å². The molecular formula is C11H20N2O2S2. The summed E-state index contributed by atoms with van der Waals surface area (Å²) in [5.41, 5.74) is 5.44. The van der Waals surface area contributed by atoms with Crippen LogP contribution in [0, 0.1) is 5.41 Å². The lowest BCUT2D eigenvalue weighted by Gasteiger charge is -2.22. The third-order valence-corrected chi connectivity index (χ3v) is 5.80. The maximum absolute atomic E-state index is 12.0. The minimum Gasteiger partial charge on any atom is -0.326 e. The third kappa shape index (κ3) is 4.06. The zero-order chi connectivity index (χ0) is 13.1. The van der Waals surface area contributed by atoms with Crippen molar-refractivity contribution in [3.63, 3.8) is 0 Å². The van der Waals surface area contributed by atoms with Gasteiger partial charge in [-0.25, -0.2) is 13.1 Å². The molecule has 1 heterocycles. The molecule has 0 saturated heterocycles. The van der Waals surface area contributed by atoms with Crippen LogP contribution in [0.15, 0.2) is 16.3 Å². The van der Waals surface area contributed by atoms with Crippen LogP contribution in [0.2, 0.25) is 0 Å². The molecule has 0 unspecified atom stereocenters. The Kier molecular flexibility index (Phi) is 4.71. The summed E-state index contributed by atoms with van der Waals surface area (Å²) in [6, 6.07) is 3.36. The topological polar surface area (TPSA) is 72.2 Å². The molecule has 3 N–H and O–H groups in total. The molecule has 0 spiro atoms. The summed E-state index contributed by atoms with van der Waals surface area (Å²) < 4.78 is 26.9. The van der Waals surface area contributed by atoms with E-state index in [9.17, 15) is 8.42 Å². The highest BCUT2D eigenvalue weighted by atomic mass is 32.2. The van der Waals surface area contributed by atoms with Crippen LogP contribution in [-0.2, 0) is 16.6 Å². The van der Waals surface area contributed by atoms with Gasteiger partial charge >= 0.3 is 0 Å². The molecule has 4 nitrogen and oxygen atoms in total. The molecule has 0 aromatic carbocycles. The highest BCUT2D eigenvalue weighted by Crippen LogP contribution is 2.23. The summed E-state index contributed by atoms with van der Waals surface area (Å²) in [5.74, 6) is 0. The second kappa shape index (κ2) is 5.48. The second-order valence-corrected chi connectivity index (χ2v) is 7.93. The molecule has 0 radical (unpaired) electrons. The summed E-state index contributed by atoms with van der Waals surface area (Å²) in [6.07, 6.45) is 0.925. The number of hydrogen-bond acceptors (Lipinski definition) is 4. The number of rotatable bonds is 6. The number of thiophene rings is 1. The van der Waals surface area contributed by atoms with Crippen molar-refractivity contribution < 1.29 is 8.42 Å². The molecule has 1 rings (SSSR count). The molecule has 17 heavy (non-hydrogen) atoms. The average Bonchev–Trinajstić information content (AvgIpc) is 2.76. The van der Waals surface area contributed by atoms with Crippen LogP contribution >= 0.6 is 11.3 Å². The molecule has 0 aliphatic carbocycles. The predicted octanol–water partition coefficient (Wildman–Crippen LogP) is 1.92. The van der Waals surface area contributed by atoms with E-state index in [2.05, 4.69) is 4.72 Å². The molecule has 1 aromatic rings. The van der Waals surface area contributed by atoms with Crippen molar-refractivity contribution in [2.45, 2.75) is 37.9 Å². The fourth-order valence-corrected chi connectivity index (χ4v) is 3.62. The van der Waals surface area contributed by atoms with Crippen LogP contribution in [0.5, 0.6) is 0 Å². The standard InChI is InChI=1S/C11H20N2O2S2/c1-4-11(2,3)8-13-17(14,15)10-6-5-9(7-12)16-10/h5-6,13H,4,7-8,12H2,1-3H3. The van der Waals surface area contributed by atoms with Crippen molar-refractivity contribution in [1.82, 2.24) is 4.72 Å². The fourth-order valence-electron chi connectivity index (χ4n) is 1.10. The van der Waals surface area contributed by atoms with Gasteiger partial charge in [-0.15, -0.1) is 11.3 Å². The predicted molar refractivity (Wildman–Crippen MR) is 71.5 cm³/mol. The number of sulfonamides is 1. The molecule has 0 bridgehead atoms. The Morgan fingerprint density at radius 3 is 2.53 bits per heavy atom. The summed E-state index contributed by atoms with van der Waals surface area (Å²) in [4.78, 5) is 0.875. The number of nitrogens with two attached hydrogens (primary N) is 1. The average molecular weight is 276 g/mol. The molecule has 98 valence electrons. The van der Waals surface area contributed by atoms with Crippen LogP contribution in [0.4, 0.5) is 0 Å². The zero-order valence-corrected chi connectivity index (χ0v) is 12.1. The molecule has 0 atom stereocenters. The highest BCUT2D eigenvalue weighted by molar-refractivity contribution is 7.91. The second-order valence-electron chi connectivity index (χ2n) is 4.77. The monoisotopic (exact) mass is 276 g/mol. The molecule has 6 heteroatoms. The van der Waals surface area contributed by atoms with E-state index < -0.39 is 10.0 Å². The smallest absolute Gasteiger partial charge is 0.250 e. The molecule has 0 saturated carbocycles. The van der Waals surface area contributed by atoms with Gasteiger partial charge in [-0.2, -0.15) is 0 Å². The molecule has 1 aromatic heterocycles. The Hall–Kier alpha value is -0.430. The first-order valence-electron chi connectivity index (χ1n) is 5.59. The number of nitrogens with one attached hydrogen (secondary N) is 1. The Balaban J connectivity index is 2.76.